The molecule has 180 valence electrons. The molecular formula is C28H31N5O2. The number of anilines is 1. The third-order valence-corrected chi connectivity index (χ3v) is 6.72. The lowest BCUT2D eigenvalue weighted by molar-refractivity contribution is 0.0956. The van der Waals surface area contributed by atoms with Gasteiger partial charge in [-0.05, 0) is 68.4 Å². The molecule has 0 saturated carbocycles. The van der Waals surface area contributed by atoms with Crippen LogP contribution in [0.1, 0.15) is 48.0 Å². The molecule has 1 aliphatic carbocycles. The van der Waals surface area contributed by atoms with E-state index in [-0.39, 0.29) is 5.91 Å². The van der Waals surface area contributed by atoms with E-state index in [9.17, 15) is 4.79 Å². The van der Waals surface area contributed by atoms with Crippen LogP contribution in [-0.4, -0.2) is 34.1 Å². The fourth-order valence-electron chi connectivity index (χ4n) is 4.76. The topological polar surface area (TPSA) is 95.1 Å². The van der Waals surface area contributed by atoms with E-state index < -0.39 is 0 Å². The summed E-state index contributed by atoms with van der Waals surface area (Å²) in [6.45, 7) is 1.17. The molecule has 0 aliphatic heterocycles. The lowest BCUT2D eigenvalue weighted by Gasteiger charge is -2.13. The highest BCUT2D eigenvalue weighted by molar-refractivity contribution is 6.10. The Labute approximate surface area is 205 Å². The van der Waals surface area contributed by atoms with E-state index in [1.54, 1.807) is 7.11 Å². The monoisotopic (exact) mass is 469 g/mol. The van der Waals surface area contributed by atoms with Gasteiger partial charge in [-0.2, -0.15) is 0 Å². The number of amides is 1. The van der Waals surface area contributed by atoms with Crippen LogP contribution in [-0.2, 0) is 13.0 Å². The number of allylic oxidation sites excluding steroid dienone is 1. The second-order valence-corrected chi connectivity index (χ2v) is 9.01. The van der Waals surface area contributed by atoms with Crippen LogP contribution in [0, 0.1) is 0 Å². The van der Waals surface area contributed by atoms with Gasteiger partial charge in [-0.1, -0.05) is 35.9 Å². The van der Waals surface area contributed by atoms with E-state index in [0.29, 0.717) is 35.6 Å². The summed E-state index contributed by atoms with van der Waals surface area (Å²) >= 11 is 0. The van der Waals surface area contributed by atoms with Crippen molar-refractivity contribution >= 4 is 33.9 Å². The molecular weight excluding hydrogens is 438 g/mol. The van der Waals surface area contributed by atoms with Crippen LogP contribution in [0.5, 0.6) is 5.75 Å². The van der Waals surface area contributed by atoms with Crippen LogP contribution in [0.25, 0.3) is 22.2 Å². The van der Waals surface area contributed by atoms with Crippen molar-refractivity contribution in [2.24, 2.45) is 0 Å². The summed E-state index contributed by atoms with van der Waals surface area (Å²) < 4.78 is 7.17. The minimum atomic E-state index is -0.198. The number of fused-ring (bicyclic) bond motifs is 2. The molecule has 0 atom stereocenters. The number of ether oxygens (including phenoxy) is 1. The Morgan fingerprint density at radius 1 is 1.06 bits per heavy atom. The molecule has 0 unspecified atom stereocenters. The summed E-state index contributed by atoms with van der Waals surface area (Å²) in [5.74, 6) is 1.02. The number of benzene rings is 2. The van der Waals surface area contributed by atoms with Crippen molar-refractivity contribution in [3.8, 4) is 5.75 Å². The Balaban J connectivity index is 1.44. The number of nitrogens with one attached hydrogen (secondary N) is 1. The Morgan fingerprint density at radius 2 is 1.83 bits per heavy atom. The van der Waals surface area contributed by atoms with Gasteiger partial charge < -0.3 is 20.4 Å². The van der Waals surface area contributed by atoms with Gasteiger partial charge >= 0.3 is 0 Å². The lowest BCUT2D eigenvalue weighted by atomic mass is 9.97. The predicted molar refractivity (Wildman–Crippen MR) is 140 cm³/mol. The van der Waals surface area contributed by atoms with Crippen LogP contribution < -0.4 is 15.8 Å². The Morgan fingerprint density at radius 3 is 2.54 bits per heavy atom. The molecule has 0 fully saturated rings. The Kier molecular flexibility index (Phi) is 6.66. The van der Waals surface area contributed by atoms with Crippen molar-refractivity contribution in [3.05, 3.63) is 71.3 Å². The Hall–Kier alpha value is -3.87. The first-order valence-electron chi connectivity index (χ1n) is 12.3. The van der Waals surface area contributed by atoms with Gasteiger partial charge in [-0.3, -0.25) is 4.79 Å². The SMILES string of the molecule is COc1ccc(CCn2c(N)c(C(=O)NCCC3=CCCCC3)c3nc4ccccc4nc32)cc1. The van der Waals surface area contributed by atoms with Crippen molar-refractivity contribution in [1.29, 1.82) is 0 Å². The van der Waals surface area contributed by atoms with Gasteiger partial charge in [0, 0.05) is 13.1 Å². The number of nitrogen functional groups attached to an aromatic ring is 1. The van der Waals surface area contributed by atoms with E-state index in [1.807, 2.05) is 53.1 Å². The average molecular weight is 470 g/mol. The minimum absolute atomic E-state index is 0.198. The van der Waals surface area contributed by atoms with Gasteiger partial charge in [0.1, 0.15) is 22.6 Å². The predicted octanol–water partition coefficient (Wildman–Crippen LogP) is 5.04. The molecule has 35 heavy (non-hydrogen) atoms. The van der Waals surface area contributed by atoms with Gasteiger partial charge in [0.15, 0.2) is 5.65 Å². The maximum atomic E-state index is 13.3. The Bertz CT molecular complexity index is 1390. The van der Waals surface area contributed by atoms with Crippen molar-refractivity contribution in [3.63, 3.8) is 0 Å². The fourth-order valence-corrected chi connectivity index (χ4v) is 4.76. The molecule has 2 aromatic heterocycles. The summed E-state index contributed by atoms with van der Waals surface area (Å²) in [6, 6.07) is 15.7. The standard InChI is InChI=1S/C28H31N5O2/c1-35-21-13-11-20(12-14-21)16-18-33-26(29)24(28(34)30-17-15-19-7-3-2-4-8-19)25-27(33)32-23-10-6-5-9-22(23)31-25/h5-7,9-14H,2-4,8,15-18,29H2,1H3,(H,30,34). The molecule has 4 aromatic rings. The number of aromatic nitrogens is 3. The van der Waals surface area contributed by atoms with Crippen molar-refractivity contribution in [2.45, 2.75) is 45.1 Å². The van der Waals surface area contributed by atoms with E-state index in [1.165, 1.54) is 18.4 Å². The van der Waals surface area contributed by atoms with Crippen LogP contribution in [0.2, 0.25) is 0 Å². The first-order valence-corrected chi connectivity index (χ1v) is 12.3. The molecule has 7 heteroatoms. The third-order valence-electron chi connectivity index (χ3n) is 6.72. The maximum absolute atomic E-state index is 13.3. The van der Waals surface area contributed by atoms with Gasteiger partial charge in [0.05, 0.1) is 18.1 Å². The van der Waals surface area contributed by atoms with Gasteiger partial charge in [-0.15, -0.1) is 0 Å². The molecule has 2 heterocycles. The number of aryl methyl sites for hydroxylation is 2. The molecule has 5 rings (SSSR count). The first-order chi connectivity index (χ1) is 17.1. The summed E-state index contributed by atoms with van der Waals surface area (Å²) in [6.07, 6.45) is 8.68. The van der Waals surface area contributed by atoms with E-state index in [4.69, 9.17) is 20.4 Å². The summed E-state index contributed by atoms with van der Waals surface area (Å²) in [7, 11) is 1.66. The summed E-state index contributed by atoms with van der Waals surface area (Å²) in [4.78, 5) is 23.0. The minimum Gasteiger partial charge on any atom is -0.497 e. The number of nitrogens with two attached hydrogens (primary N) is 1. The van der Waals surface area contributed by atoms with Crippen molar-refractivity contribution in [2.75, 3.05) is 19.4 Å². The number of hydrogen-bond acceptors (Lipinski definition) is 5. The highest BCUT2D eigenvalue weighted by Crippen LogP contribution is 2.28. The van der Waals surface area contributed by atoms with Gasteiger partial charge in [-0.25, -0.2) is 9.97 Å². The lowest BCUT2D eigenvalue weighted by Crippen LogP contribution is -2.26. The van der Waals surface area contributed by atoms with Crippen LogP contribution >= 0.6 is 0 Å². The average Bonchev–Trinajstić information content (AvgIpc) is 3.16. The molecule has 3 N–H and O–H groups in total. The molecule has 0 bridgehead atoms. The van der Waals surface area contributed by atoms with Crippen LogP contribution in [0.15, 0.2) is 60.2 Å². The van der Waals surface area contributed by atoms with E-state index in [2.05, 4.69) is 11.4 Å². The smallest absolute Gasteiger partial charge is 0.257 e. The number of methoxy groups -OCH3 is 1. The van der Waals surface area contributed by atoms with Crippen molar-refractivity contribution in [1.82, 2.24) is 19.9 Å². The number of para-hydroxylation sites is 2. The molecule has 1 aliphatic rings. The molecule has 0 radical (unpaired) electrons. The number of rotatable bonds is 8. The molecule has 1 amide bonds. The zero-order valence-electron chi connectivity index (χ0n) is 20.1. The van der Waals surface area contributed by atoms with E-state index >= 15 is 0 Å². The zero-order valence-corrected chi connectivity index (χ0v) is 20.1. The van der Waals surface area contributed by atoms with Gasteiger partial charge in [0.2, 0.25) is 0 Å². The third kappa shape index (κ3) is 4.85. The molecule has 2 aromatic carbocycles. The first kappa shape index (κ1) is 22.9. The second-order valence-electron chi connectivity index (χ2n) is 9.01. The molecule has 0 saturated heterocycles. The molecule has 0 spiro atoms. The highest BCUT2D eigenvalue weighted by Gasteiger charge is 2.24. The highest BCUT2D eigenvalue weighted by atomic mass is 16.5. The number of nitrogens with zero attached hydrogens (tertiary/aromatic N) is 3. The maximum Gasteiger partial charge on any atom is 0.257 e. The van der Waals surface area contributed by atoms with Crippen LogP contribution in [0.4, 0.5) is 5.82 Å². The van der Waals surface area contributed by atoms with E-state index in [0.717, 1.165) is 48.0 Å². The van der Waals surface area contributed by atoms with Crippen LogP contribution in [0.3, 0.4) is 0 Å². The normalized spacial score (nSPS) is 13.7. The number of carbonyl (C=O) groups excluding carboxylic acids is 1. The van der Waals surface area contributed by atoms with Crippen molar-refractivity contribution < 1.29 is 9.53 Å². The summed E-state index contributed by atoms with van der Waals surface area (Å²) in [5.41, 5.74) is 12.3. The zero-order chi connectivity index (χ0) is 24.2. The van der Waals surface area contributed by atoms with Gasteiger partial charge in [0.25, 0.3) is 5.91 Å². The largest absolute Gasteiger partial charge is 0.497 e. The quantitative estimate of drug-likeness (QED) is 0.353. The number of hydrogen-bond donors (Lipinski definition) is 2. The molecule has 7 nitrogen and oxygen atoms in total. The number of carbonyl (C=O) groups is 1. The fraction of sp³-hybridized carbons (Fsp3) is 0.321. The summed E-state index contributed by atoms with van der Waals surface area (Å²) in [5, 5.41) is 3.07. The second kappa shape index (κ2) is 10.2.